The second-order valence-electron chi connectivity index (χ2n) is 7.51. The average Bonchev–Trinajstić information content (AvgIpc) is 2.65. The number of likely N-dealkylation sites (tertiary alicyclic amines) is 1. The Morgan fingerprint density at radius 1 is 1.11 bits per heavy atom. The van der Waals surface area contributed by atoms with Crippen molar-refractivity contribution in [3.63, 3.8) is 0 Å². The van der Waals surface area contributed by atoms with Gasteiger partial charge in [-0.2, -0.15) is 0 Å². The van der Waals surface area contributed by atoms with E-state index in [2.05, 4.69) is 19.6 Å². The lowest BCUT2D eigenvalue weighted by atomic mass is 9.89. The van der Waals surface area contributed by atoms with Crippen LogP contribution in [-0.2, 0) is 13.9 Å². The minimum Gasteiger partial charge on any atom is -0.493 e. The quantitative estimate of drug-likeness (QED) is 0.537. The van der Waals surface area contributed by atoms with Crippen LogP contribution in [0.1, 0.15) is 24.4 Å². The van der Waals surface area contributed by atoms with Crippen molar-refractivity contribution >= 4 is 14.4 Å². The van der Waals surface area contributed by atoms with Gasteiger partial charge in [0.15, 0.2) is 25.6 Å². The first-order valence-electron chi connectivity index (χ1n) is 9.03. The SMILES string of the molecule is COC(=O)N1CCCC(OC)(O[Si](C)(C)C)C1c1ccc(OC)c(OC)c1. The summed E-state index contributed by atoms with van der Waals surface area (Å²) in [5, 5.41) is 0. The molecule has 0 spiro atoms. The number of amides is 1. The zero-order valence-electron chi connectivity index (χ0n) is 17.3. The number of nitrogens with zero attached hydrogens (tertiary/aromatic N) is 1. The smallest absolute Gasteiger partial charge is 0.410 e. The van der Waals surface area contributed by atoms with Crippen LogP contribution in [0, 0.1) is 0 Å². The molecule has 1 aromatic carbocycles. The molecule has 1 aliphatic rings. The number of benzene rings is 1. The van der Waals surface area contributed by atoms with Gasteiger partial charge in [-0.25, -0.2) is 4.79 Å². The Balaban J connectivity index is 2.61. The Morgan fingerprint density at radius 3 is 2.30 bits per heavy atom. The van der Waals surface area contributed by atoms with E-state index < -0.39 is 26.2 Å². The van der Waals surface area contributed by atoms with Crippen molar-refractivity contribution in [1.82, 2.24) is 4.90 Å². The highest BCUT2D eigenvalue weighted by Crippen LogP contribution is 2.46. The number of hydrogen-bond donors (Lipinski definition) is 0. The van der Waals surface area contributed by atoms with E-state index in [9.17, 15) is 4.79 Å². The van der Waals surface area contributed by atoms with E-state index in [0.717, 1.165) is 12.0 Å². The molecule has 2 unspecified atom stereocenters. The molecule has 0 saturated carbocycles. The Kier molecular flexibility index (Phi) is 6.77. The summed E-state index contributed by atoms with van der Waals surface area (Å²) in [6.45, 7) is 6.88. The van der Waals surface area contributed by atoms with Crippen LogP contribution in [0.4, 0.5) is 4.79 Å². The second kappa shape index (κ2) is 8.49. The van der Waals surface area contributed by atoms with Gasteiger partial charge in [0.2, 0.25) is 0 Å². The van der Waals surface area contributed by atoms with Crippen molar-refractivity contribution in [2.75, 3.05) is 35.0 Å². The maximum absolute atomic E-state index is 12.5. The summed E-state index contributed by atoms with van der Waals surface area (Å²) in [5.41, 5.74) is 0.845. The maximum atomic E-state index is 12.5. The maximum Gasteiger partial charge on any atom is 0.410 e. The largest absolute Gasteiger partial charge is 0.493 e. The van der Waals surface area contributed by atoms with Crippen molar-refractivity contribution in [3.8, 4) is 11.5 Å². The van der Waals surface area contributed by atoms with E-state index in [1.54, 1.807) is 26.2 Å². The van der Waals surface area contributed by atoms with Crippen LogP contribution >= 0.6 is 0 Å². The van der Waals surface area contributed by atoms with Crippen molar-refractivity contribution < 1.29 is 28.2 Å². The Hall–Kier alpha value is -1.77. The molecule has 1 saturated heterocycles. The normalized spacial score (nSPS) is 23.1. The van der Waals surface area contributed by atoms with E-state index in [4.69, 9.17) is 23.4 Å². The molecule has 2 atom stereocenters. The van der Waals surface area contributed by atoms with Gasteiger partial charge in [-0.05, 0) is 43.8 Å². The summed E-state index contributed by atoms with van der Waals surface area (Å²) in [4.78, 5) is 14.2. The minimum absolute atomic E-state index is 0.407. The van der Waals surface area contributed by atoms with E-state index in [-0.39, 0.29) is 0 Å². The molecule has 1 aliphatic heterocycles. The van der Waals surface area contributed by atoms with Gasteiger partial charge in [0.1, 0.15) is 6.04 Å². The number of rotatable bonds is 6. The number of piperidine rings is 1. The number of ether oxygens (including phenoxy) is 4. The van der Waals surface area contributed by atoms with Crippen LogP contribution in [-0.4, -0.2) is 60.1 Å². The first-order chi connectivity index (χ1) is 12.7. The molecule has 1 aromatic rings. The third kappa shape index (κ3) is 4.56. The van der Waals surface area contributed by atoms with Crippen molar-refractivity contribution in [3.05, 3.63) is 23.8 Å². The van der Waals surface area contributed by atoms with Gasteiger partial charge in [-0.3, -0.25) is 4.90 Å². The molecular weight excluding hydrogens is 366 g/mol. The molecule has 0 aromatic heterocycles. The zero-order chi connectivity index (χ0) is 20.2. The molecule has 152 valence electrons. The van der Waals surface area contributed by atoms with Crippen LogP contribution in [0.25, 0.3) is 0 Å². The highest BCUT2D eigenvalue weighted by atomic mass is 28.4. The number of methoxy groups -OCH3 is 4. The molecule has 0 aliphatic carbocycles. The molecule has 7 nitrogen and oxygen atoms in total. The number of carbonyl (C=O) groups excluding carboxylic acids is 1. The number of hydrogen-bond acceptors (Lipinski definition) is 6. The fourth-order valence-electron chi connectivity index (χ4n) is 3.65. The fourth-order valence-corrected chi connectivity index (χ4v) is 4.98. The topological polar surface area (TPSA) is 66.5 Å². The lowest BCUT2D eigenvalue weighted by Gasteiger charge is -2.50. The molecule has 1 amide bonds. The molecular formula is C19H31NO6Si. The average molecular weight is 398 g/mol. The Labute approximate surface area is 162 Å². The zero-order valence-corrected chi connectivity index (χ0v) is 18.3. The summed E-state index contributed by atoms with van der Waals surface area (Å²) in [6.07, 6.45) is 1.03. The summed E-state index contributed by atoms with van der Waals surface area (Å²) in [6, 6.07) is 5.14. The van der Waals surface area contributed by atoms with Crippen LogP contribution in [0.15, 0.2) is 18.2 Å². The molecule has 0 bridgehead atoms. The van der Waals surface area contributed by atoms with Gasteiger partial charge in [-0.15, -0.1) is 0 Å². The highest BCUT2D eigenvalue weighted by Gasteiger charge is 2.51. The van der Waals surface area contributed by atoms with Gasteiger partial charge in [0, 0.05) is 20.1 Å². The standard InChI is InChI=1S/C19H31NO6Si/c1-22-15-10-9-14(13-16(15)23-2)17-19(25-4,26-27(5,6)7)11-8-12-20(17)18(21)24-3/h9-10,13,17H,8,11-12H2,1-7H3. The fraction of sp³-hybridized carbons (Fsp3) is 0.632. The predicted octanol–water partition coefficient (Wildman–Crippen LogP) is 3.80. The van der Waals surface area contributed by atoms with Crippen molar-refractivity contribution in [2.24, 2.45) is 0 Å². The van der Waals surface area contributed by atoms with Gasteiger partial charge in [0.05, 0.1) is 21.3 Å². The summed E-state index contributed by atoms with van der Waals surface area (Å²) in [7, 11) is 4.21. The third-order valence-electron chi connectivity index (χ3n) is 4.61. The lowest BCUT2D eigenvalue weighted by molar-refractivity contribution is -0.229. The van der Waals surface area contributed by atoms with E-state index in [0.29, 0.717) is 24.5 Å². The van der Waals surface area contributed by atoms with E-state index >= 15 is 0 Å². The molecule has 8 heteroatoms. The van der Waals surface area contributed by atoms with Gasteiger partial charge >= 0.3 is 6.09 Å². The van der Waals surface area contributed by atoms with Gasteiger partial charge < -0.3 is 23.4 Å². The summed E-state index contributed by atoms with van der Waals surface area (Å²) < 4.78 is 28.3. The van der Waals surface area contributed by atoms with Crippen LogP contribution in [0.3, 0.4) is 0 Å². The molecule has 0 N–H and O–H groups in total. The first-order valence-corrected chi connectivity index (χ1v) is 12.4. The van der Waals surface area contributed by atoms with E-state index in [1.165, 1.54) is 7.11 Å². The molecule has 1 fully saturated rings. The van der Waals surface area contributed by atoms with Crippen LogP contribution < -0.4 is 9.47 Å². The minimum atomic E-state index is -1.99. The molecule has 27 heavy (non-hydrogen) atoms. The second-order valence-corrected chi connectivity index (χ2v) is 11.9. The summed E-state index contributed by atoms with van der Waals surface area (Å²) in [5.74, 6) is 0.260. The molecule has 1 heterocycles. The van der Waals surface area contributed by atoms with Gasteiger partial charge in [-0.1, -0.05) is 6.07 Å². The lowest BCUT2D eigenvalue weighted by Crippen LogP contribution is -2.58. The predicted molar refractivity (Wildman–Crippen MR) is 105 cm³/mol. The Bertz CT molecular complexity index is 662. The molecule has 0 radical (unpaired) electrons. The monoisotopic (exact) mass is 397 g/mol. The number of carbonyl (C=O) groups is 1. The Morgan fingerprint density at radius 2 is 1.78 bits per heavy atom. The van der Waals surface area contributed by atoms with Crippen molar-refractivity contribution in [2.45, 2.75) is 44.3 Å². The van der Waals surface area contributed by atoms with Gasteiger partial charge in [0.25, 0.3) is 0 Å². The van der Waals surface area contributed by atoms with Crippen molar-refractivity contribution in [1.29, 1.82) is 0 Å². The summed E-state index contributed by atoms with van der Waals surface area (Å²) >= 11 is 0. The van der Waals surface area contributed by atoms with Crippen LogP contribution in [0.2, 0.25) is 19.6 Å². The van der Waals surface area contributed by atoms with Crippen LogP contribution in [0.5, 0.6) is 11.5 Å². The first kappa shape index (κ1) is 21.5. The van der Waals surface area contributed by atoms with E-state index in [1.807, 2.05) is 18.2 Å². The highest BCUT2D eigenvalue weighted by molar-refractivity contribution is 6.69. The third-order valence-corrected chi connectivity index (χ3v) is 5.57. The molecule has 2 rings (SSSR count).